The van der Waals surface area contributed by atoms with Gasteiger partial charge in [-0.05, 0) is 43.5 Å². The van der Waals surface area contributed by atoms with Gasteiger partial charge in [0.15, 0.2) is 0 Å². The van der Waals surface area contributed by atoms with Crippen LogP contribution in [0.3, 0.4) is 0 Å². The molecule has 0 radical (unpaired) electrons. The lowest BCUT2D eigenvalue weighted by molar-refractivity contribution is -0.127. The van der Waals surface area contributed by atoms with Gasteiger partial charge in [0.1, 0.15) is 0 Å². The number of aliphatic hydroxyl groups excluding tert-OH is 1. The van der Waals surface area contributed by atoms with Crippen molar-refractivity contribution in [3.8, 4) is 11.4 Å². The second-order valence-corrected chi connectivity index (χ2v) is 6.10. The first-order chi connectivity index (χ1) is 11.1. The Morgan fingerprint density at radius 2 is 2.13 bits per heavy atom. The second-order valence-electron chi connectivity index (χ2n) is 5.66. The lowest BCUT2D eigenvalue weighted by atomic mass is 10.1. The number of carbonyl (C=O) groups is 1. The molecule has 2 aromatic rings. The number of nitrogens with zero attached hydrogens (tertiary/aromatic N) is 2. The minimum atomic E-state index is -0.519. The van der Waals surface area contributed by atoms with Crippen LogP contribution in [0.25, 0.3) is 11.4 Å². The van der Waals surface area contributed by atoms with Crippen molar-refractivity contribution in [1.29, 1.82) is 0 Å². The molecule has 1 aliphatic rings. The molecule has 7 heteroatoms. The molecule has 1 fully saturated rings. The first-order valence-electron chi connectivity index (χ1n) is 7.68. The molecule has 2 N–H and O–H groups in total. The van der Waals surface area contributed by atoms with Crippen molar-refractivity contribution in [1.82, 2.24) is 15.5 Å². The van der Waals surface area contributed by atoms with Gasteiger partial charge in [0.05, 0.1) is 12.0 Å². The molecule has 1 aromatic carbocycles. The number of hydrogen-bond acceptors (Lipinski definition) is 5. The molecule has 1 aromatic heterocycles. The predicted molar refractivity (Wildman–Crippen MR) is 84.8 cm³/mol. The van der Waals surface area contributed by atoms with Crippen LogP contribution in [0.1, 0.15) is 25.2 Å². The Kier molecular flexibility index (Phi) is 4.93. The van der Waals surface area contributed by atoms with Crippen molar-refractivity contribution in [3.05, 3.63) is 35.2 Å². The number of nitrogens with one attached hydrogen (secondary N) is 1. The molecular weight excluding hydrogens is 318 g/mol. The van der Waals surface area contributed by atoms with Crippen LogP contribution >= 0.6 is 11.6 Å². The molecular formula is C16H18ClN3O3. The molecule has 0 bridgehead atoms. The Morgan fingerprint density at radius 1 is 1.35 bits per heavy atom. The van der Waals surface area contributed by atoms with Gasteiger partial charge in [-0.1, -0.05) is 16.8 Å². The van der Waals surface area contributed by atoms with Gasteiger partial charge in [-0.25, -0.2) is 0 Å². The summed E-state index contributed by atoms with van der Waals surface area (Å²) in [6.45, 7) is 0.407. The van der Waals surface area contributed by atoms with E-state index in [0.29, 0.717) is 36.1 Å². The van der Waals surface area contributed by atoms with Crippen molar-refractivity contribution in [2.45, 2.75) is 31.8 Å². The summed E-state index contributed by atoms with van der Waals surface area (Å²) in [6, 6.07) is 7.17. The number of benzene rings is 1. The highest BCUT2D eigenvalue weighted by molar-refractivity contribution is 6.30. The number of rotatable bonds is 5. The molecule has 3 rings (SSSR count). The van der Waals surface area contributed by atoms with Crippen LogP contribution in [0.15, 0.2) is 28.8 Å². The maximum absolute atomic E-state index is 12.0. The SMILES string of the molecule is O=C(NCCc1nc(-c2ccc(Cl)cc2)no1)C1CCCC1O. The van der Waals surface area contributed by atoms with Crippen LogP contribution in [-0.2, 0) is 11.2 Å². The van der Waals surface area contributed by atoms with Gasteiger partial charge in [0, 0.05) is 23.6 Å². The summed E-state index contributed by atoms with van der Waals surface area (Å²) in [4.78, 5) is 16.3. The molecule has 0 saturated heterocycles. The fourth-order valence-electron chi connectivity index (χ4n) is 2.74. The van der Waals surface area contributed by atoms with E-state index in [1.54, 1.807) is 12.1 Å². The van der Waals surface area contributed by atoms with E-state index in [9.17, 15) is 9.90 Å². The molecule has 23 heavy (non-hydrogen) atoms. The summed E-state index contributed by atoms with van der Waals surface area (Å²) in [6.07, 6.45) is 2.28. The molecule has 122 valence electrons. The third kappa shape index (κ3) is 3.89. The van der Waals surface area contributed by atoms with Gasteiger partial charge in [0.2, 0.25) is 17.6 Å². The van der Waals surface area contributed by atoms with Crippen molar-refractivity contribution in [2.75, 3.05) is 6.54 Å². The maximum atomic E-state index is 12.0. The third-order valence-electron chi connectivity index (χ3n) is 4.02. The van der Waals surface area contributed by atoms with E-state index in [1.807, 2.05) is 12.1 Å². The van der Waals surface area contributed by atoms with Gasteiger partial charge >= 0.3 is 0 Å². The smallest absolute Gasteiger partial charge is 0.228 e. The number of carbonyl (C=O) groups excluding carboxylic acids is 1. The van der Waals surface area contributed by atoms with E-state index < -0.39 is 6.10 Å². The third-order valence-corrected chi connectivity index (χ3v) is 4.28. The summed E-state index contributed by atoms with van der Waals surface area (Å²) in [5.41, 5.74) is 0.822. The van der Waals surface area contributed by atoms with Gasteiger partial charge in [-0.15, -0.1) is 0 Å². The monoisotopic (exact) mass is 335 g/mol. The van der Waals surface area contributed by atoms with E-state index in [0.717, 1.165) is 18.4 Å². The Hall–Kier alpha value is -1.92. The number of amides is 1. The van der Waals surface area contributed by atoms with Crippen LogP contribution in [-0.4, -0.2) is 33.8 Å². The zero-order valence-electron chi connectivity index (χ0n) is 12.5. The quantitative estimate of drug-likeness (QED) is 0.874. The van der Waals surface area contributed by atoms with Gasteiger partial charge in [0.25, 0.3) is 0 Å². The van der Waals surface area contributed by atoms with E-state index in [4.69, 9.17) is 16.1 Å². The summed E-state index contributed by atoms with van der Waals surface area (Å²) >= 11 is 5.84. The topological polar surface area (TPSA) is 88.3 Å². The van der Waals surface area contributed by atoms with E-state index in [-0.39, 0.29) is 11.8 Å². The summed E-state index contributed by atoms with van der Waals surface area (Å²) in [5, 5.41) is 17.1. The molecule has 0 spiro atoms. The lowest BCUT2D eigenvalue weighted by Crippen LogP contribution is -2.35. The molecule has 1 aliphatic carbocycles. The molecule has 1 saturated carbocycles. The summed E-state index contributed by atoms with van der Waals surface area (Å²) in [5.74, 6) is 0.561. The van der Waals surface area contributed by atoms with Crippen molar-refractivity contribution >= 4 is 17.5 Å². The zero-order valence-corrected chi connectivity index (χ0v) is 13.3. The summed E-state index contributed by atoms with van der Waals surface area (Å²) < 4.78 is 5.18. The largest absolute Gasteiger partial charge is 0.392 e. The molecule has 6 nitrogen and oxygen atoms in total. The van der Waals surface area contributed by atoms with E-state index in [1.165, 1.54) is 0 Å². The number of halogens is 1. The van der Waals surface area contributed by atoms with Gasteiger partial charge < -0.3 is 14.9 Å². The van der Waals surface area contributed by atoms with Crippen LogP contribution in [0, 0.1) is 5.92 Å². The van der Waals surface area contributed by atoms with Gasteiger partial charge in [-0.3, -0.25) is 4.79 Å². The standard InChI is InChI=1S/C16H18ClN3O3/c17-11-6-4-10(5-7-11)15-19-14(23-20-15)8-9-18-16(22)12-2-1-3-13(12)21/h4-7,12-13,21H,1-3,8-9H2,(H,18,22). The van der Waals surface area contributed by atoms with E-state index in [2.05, 4.69) is 15.5 Å². The minimum Gasteiger partial charge on any atom is -0.392 e. The van der Waals surface area contributed by atoms with Crippen LogP contribution < -0.4 is 5.32 Å². The highest BCUT2D eigenvalue weighted by Gasteiger charge is 2.31. The Balaban J connectivity index is 1.51. The fraction of sp³-hybridized carbons (Fsp3) is 0.438. The zero-order chi connectivity index (χ0) is 16.2. The summed E-state index contributed by atoms with van der Waals surface area (Å²) in [7, 11) is 0. The lowest BCUT2D eigenvalue weighted by Gasteiger charge is -2.13. The Morgan fingerprint density at radius 3 is 2.83 bits per heavy atom. The Bertz CT molecular complexity index is 671. The highest BCUT2D eigenvalue weighted by atomic mass is 35.5. The van der Waals surface area contributed by atoms with Crippen molar-refractivity contribution < 1.29 is 14.4 Å². The molecule has 1 amide bonds. The average molecular weight is 336 g/mol. The van der Waals surface area contributed by atoms with E-state index >= 15 is 0 Å². The first kappa shape index (κ1) is 16.0. The molecule has 0 aliphatic heterocycles. The molecule has 1 heterocycles. The number of hydrogen-bond donors (Lipinski definition) is 2. The van der Waals surface area contributed by atoms with Crippen molar-refractivity contribution in [3.63, 3.8) is 0 Å². The molecule has 2 atom stereocenters. The fourth-order valence-corrected chi connectivity index (χ4v) is 2.87. The molecule has 2 unspecified atom stereocenters. The predicted octanol–water partition coefficient (Wildman–Crippen LogP) is 2.21. The number of aliphatic hydroxyl groups is 1. The van der Waals surface area contributed by atoms with Crippen LogP contribution in [0.5, 0.6) is 0 Å². The maximum Gasteiger partial charge on any atom is 0.228 e. The van der Waals surface area contributed by atoms with Crippen LogP contribution in [0.2, 0.25) is 5.02 Å². The second kappa shape index (κ2) is 7.10. The van der Waals surface area contributed by atoms with Gasteiger partial charge in [-0.2, -0.15) is 4.98 Å². The Labute approximate surface area is 138 Å². The average Bonchev–Trinajstić information content (AvgIpc) is 3.17. The van der Waals surface area contributed by atoms with Crippen molar-refractivity contribution in [2.24, 2.45) is 5.92 Å². The minimum absolute atomic E-state index is 0.104. The number of aromatic nitrogens is 2. The normalized spacial score (nSPS) is 20.6. The highest BCUT2D eigenvalue weighted by Crippen LogP contribution is 2.25. The van der Waals surface area contributed by atoms with Crippen LogP contribution in [0.4, 0.5) is 0 Å². The first-order valence-corrected chi connectivity index (χ1v) is 8.05.